The minimum Gasteiger partial charge on any atom is -0.492 e. The Morgan fingerprint density at radius 1 is 1.23 bits per heavy atom. The summed E-state index contributed by atoms with van der Waals surface area (Å²) in [4.78, 5) is 13.7. The fraction of sp³-hybridized carbons (Fsp3) is 0.611. The first kappa shape index (κ1) is 22.1. The van der Waals surface area contributed by atoms with Gasteiger partial charge >= 0.3 is 12.3 Å². The maximum absolute atomic E-state index is 13.5. The van der Waals surface area contributed by atoms with Crippen molar-refractivity contribution in [3.8, 4) is 5.75 Å². The van der Waals surface area contributed by atoms with Crippen LogP contribution in [0.4, 0.5) is 22.4 Å². The number of alkyl halides is 3. The van der Waals surface area contributed by atoms with Crippen molar-refractivity contribution >= 4 is 6.09 Å². The third-order valence-electron chi connectivity index (χ3n) is 3.74. The van der Waals surface area contributed by atoms with Gasteiger partial charge in [0.05, 0.1) is 12.1 Å². The Bertz CT molecular complexity index is 611. The number of benzene rings is 1. The molecule has 1 aromatic rings. The molecule has 0 aromatic heterocycles. The van der Waals surface area contributed by atoms with Crippen LogP contribution >= 0.6 is 0 Å². The molecule has 26 heavy (non-hydrogen) atoms. The Hall–Kier alpha value is -1.99. The second kappa shape index (κ2) is 8.60. The molecule has 8 heteroatoms. The highest BCUT2D eigenvalue weighted by Gasteiger charge is 2.34. The van der Waals surface area contributed by atoms with Crippen molar-refractivity contribution in [2.45, 2.75) is 58.9 Å². The van der Waals surface area contributed by atoms with Crippen molar-refractivity contribution in [3.05, 3.63) is 29.6 Å². The summed E-state index contributed by atoms with van der Waals surface area (Å²) in [7, 11) is 0. The summed E-state index contributed by atoms with van der Waals surface area (Å²) in [5, 5.41) is 0. The topological polar surface area (TPSA) is 38.8 Å². The van der Waals surface area contributed by atoms with E-state index in [4.69, 9.17) is 9.47 Å². The Morgan fingerprint density at radius 2 is 1.85 bits per heavy atom. The Kier molecular flexibility index (Phi) is 7.29. The molecule has 4 nitrogen and oxygen atoms in total. The van der Waals surface area contributed by atoms with Gasteiger partial charge in [0.1, 0.15) is 24.3 Å². The van der Waals surface area contributed by atoms with Crippen molar-refractivity contribution in [1.82, 2.24) is 4.90 Å². The Balaban J connectivity index is 2.73. The van der Waals surface area contributed by atoms with Gasteiger partial charge < -0.3 is 9.47 Å². The van der Waals surface area contributed by atoms with Crippen molar-refractivity contribution in [2.75, 3.05) is 13.2 Å². The highest BCUT2D eigenvalue weighted by molar-refractivity contribution is 5.68. The molecule has 1 unspecified atom stereocenters. The van der Waals surface area contributed by atoms with E-state index >= 15 is 0 Å². The number of amides is 1. The normalized spacial score (nSPS) is 13.3. The largest absolute Gasteiger partial charge is 0.492 e. The van der Waals surface area contributed by atoms with Crippen LogP contribution in [0.15, 0.2) is 18.2 Å². The zero-order valence-electron chi connectivity index (χ0n) is 15.6. The van der Waals surface area contributed by atoms with Crippen LogP contribution in [-0.2, 0) is 10.9 Å². The van der Waals surface area contributed by atoms with E-state index in [9.17, 15) is 22.4 Å². The van der Waals surface area contributed by atoms with E-state index in [1.165, 1.54) is 4.90 Å². The SMILES string of the molecule is CCC(C)OC(=O)N(CCOc1ccc(C(F)(F)F)c(F)c1)C(C)(C)C. The van der Waals surface area contributed by atoms with Crippen LogP contribution in [0.1, 0.15) is 46.6 Å². The van der Waals surface area contributed by atoms with Gasteiger partial charge in [0.15, 0.2) is 0 Å². The lowest BCUT2D eigenvalue weighted by atomic mass is 10.1. The number of ether oxygens (including phenoxy) is 2. The summed E-state index contributed by atoms with van der Waals surface area (Å²) < 4.78 is 61.8. The quantitative estimate of drug-likeness (QED) is 0.633. The molecule has 1 atom stereocenters. The standard InChI is InChI=1S/C18H25F4NO3/c1-6-12(2)26-16(24)23(17(3,4)5)9-10-25-13-7-8-14(15(19)11-13)18(20,21)22/h7-8,11-12H,6,9-10H2,1-5H3. The van der Waals surface area contributed by atoms with E-state index in [2.05, 4.69) is 0 Å². The van der Waals surface area contributed by atoms with Gasteiger partial charge in [-0.1, -0.05) is 6.92 Å². The molecule has 0 radical (unpaired) electrons. The van der Waals surface area contributed by atoms with Crippen LogP contribution in [0.5, 0.6) is 5.75 Å². The number of carbonyl (C=O) groups excluding carboxylic acids is 1. The smallest absolute Gasteiger partial charge is 0.419 e. The zero-order chi connectivity index (χ0) is 20.1. The second-order valence-electron chi connectivity index (χ2n) is 6.91. The van der Waals surface area contributed by atoms with E-state index in [-0.39, 0.29) is 25.0 Å². The molecule has 1 aromatic carbocycles. The predicted octanol–water partition coefficient (Wildman–Crippen LogP) is 5.26. The van der Waals surface area contributed by atoms with Crippen molar-refractivity contribution in [2.24, 2.45) is 0 Å². The summed E-state index contributed by atoms with van der Waals surface area (Å²) in [6, 6.07) is 2.36. The van der Waals surface area contributed by atoms with Crippen LogP contribution in [-0.4, -0.2) is 35.8 Å². The van der Waals surface area contributed by atoms with Gasteiger partial charge in [-0.15, -0.1) is 0 Å². The van der Waals surface area contributed by atoms with Gasteiger partial charge in [-0.25, -0.2) is 9.18 Å². The van der Waals surface area contributed by atoms with Crippen LogP contribution in [0.3, 0.4) is 0 Å². The summed E-state index contributed by atoms with van der Waals surface area (Å²) in [6.45, 7) is 9.26. The number of hydrogen-bond acceptors (Lipinski definition) is 3. The third-order valence-corrected chi connectivity index (χ3v) is 3.74. The summed E-state index contributed by atoms with van der Waals surface area (Å²) >= 11 is 0. The zero-order valence-corrected chi connectivity index (χ0v) is 15.6. The summed E-state index contributed by atoms with van der Waals surface area (Å²) in [5.74, 6) is -1.45. The van der Waals surface area contributed by atoms with Crippen molar-refractivity contribution in [3.63, 3.8) is 0 Å². The van der Waals surface area contributed by atoms with Crippen LogP contribution in [0, 0.1) is 5.82 Å². The number of rotatable bonds is 6. The molecule has 0 N–H and O–H groups in total. The van der Waals surface area contributed by atoms with Gasteiger partial charge in [-0.3, -0.25) is 4.90 Å². The molecular formula is C18H25F4NO3. The average Bonchev–Trinajstić information content (AvgIpc) is 2.48. The molecule has 1 amide bonds. The molecular weight excluding hydrogens is 354 g/mol. The first-order chi connectivity index (χ1) is 11.9. The van der Waals surface area contributed by atoms with Crippen LogP contribution in [0.2, 0.25) is 0 Å². The van der Waals surface area contributed by atoms with Gasteiger partial charge in [-0.2, -0.15) is 13.2 Å². The molecule has 0 heterocycles. The number of halogens is 4. The first-order valence-corrected chi connectivity index (χ1v) is 8.34. The highest BCUT2D eigenvalue weighted by Crippen LogP contribution is 2.32. The van der Waals surface area contributed by atoms with Gasteiger partial charge in [0.2, 0.25) is 0 Å². The number of nitrogens with zero attached hydrogens (tertiary/aromatic N) is 1. The summed E-state index contributed by atoms with van der Waals surface area (Å²) in [5.41, 5.74) is -1.89. The fourth-order valence-corrected chi connectivity index (χ4v) is 2.09. The van der Waals surface area contributed by atoms with Crippen molar-refractivity contribution in [1.29, 1.82) is 0 Å². The van der Waals surface area contributed by atoms with E-state index in [1.54, 1.807) is 6.92 Å². The third kappa shape index (κ3) is 6.38. The Morgan fingerprint density at radius 3 is 2.31 bits per heavy atom. The molecule has 0 spiro atoms. The lowest BCUT2D eigenvalue weighted by Gasteiger charge is -2.35. The maximum Gasteiger partial charge on any atom is 0.419 e. The molecule has 1 rings (SSSR count). The minimum absolute atomic E-state index is 0.0162. The minimum atomic E-state index is -4.76. The highest BCUT2D eigenvalue weighted by atomic mass is 19.4. The van der Waals surface area contributed by atoms with Crippen LogP contribution in [0.25, 0.3) is 0 Å². The monoisotopic (exact) mass is 379 g/mol. The molecule has 0 bridgehead atoms. The van der Waals surface area contributed by atoms with E-state index < -0.39 is 29.2 Å². The van der Waals surface area contributed by atoms with E-state index in [0.717, 1.165) is 6.07 Å². The van der Waals surface area contributed by atoms with Gasteiger partial charge in [-0.05, 0) is 46.2 Å². The fourth-order valence-electron chi connectivity index (χ4n) is 2.09. The molecule has 148 valence electrons. The van der Waals surface area contributed by atoms with Gasteiger partial charge in [0, 0.05) is 11.6 Å². The Labute approximate surface area is 151 Å². The second-order valence-corrected chi connectivity index (χ2v) is 6.91. The molecule has 0 saturated heterocycles. The molecule has 0 aliphatic heterocycles. The average molecular weight is 379 g/mol. The molecule has 0 aliphatic rings. The van der Waals surface area contributed by atoms with E-state index in [1.807, 2.05) is 27.7 Å². The number of carbonyl (C=O) groups is 1. The van der Waals surface area contributed by atoms with E-state index in [0.29, 0.717) is 18.6 Å². The van der Waals surface area contributed by atoms with Crippen LogP contribution < -0.4 is 4.74 Å². The lowest BCUT2D eigenvalue weighted by molar-refractivity contribution is -0.140. The maximum atomic E-state index is 13.5. The molecule has 0 fully saturated rings. The van der Waals surface area contributed by atoms with Crippen molar-refractivity contribution < 1.29 is 31.8 Å². The summed E-state index contributed by atoms with van der Waals surface area (Å²) in [6.07, 6.45) is -4.83. The lowest BCUT2D eigenvalue weighted by Crippen LogP contribution is -2.48. The van der Waals surface area contributed by atoms with Gasteiger partial charge in [0.25, 0.3) is 0 Å². The predicted molar refractivity (Wildman–Crippen MR) is 89.6 cm³/mol. The molecule has 0 aliphatic carbocycles. The number of hydrogen-bond donors (Lipinski definition) is 0. The molecule has 0 saturated carbocycles. The first-order valence-electron chi connectivity index (χ1n) is 8.34.